The standard InChI is InChI=1S/C7H10N2O3/c1-4(7(11)12)5-2-3-6(10)9-8-5/h4H,2-3H2,1H3,(H,9,10)(H,11,12)/p-1. The van der Waals surface area contributed by atoms with Crippen LogP contribution in [0.2, 0.25) is 0 Å². The van der Waals surface area contributed by atoms with E-state index in [1.165, 1.54) is 6.92 Å². The van der Waals surface area contributed by atoms with Crippen LogP contribution in [0, 0.1) is 5.92 Å². The maximum absolute atomic E-state index is 10.6. The Morgan fingerprint density at radius 1 is 1.67 bits per heavy atom. The smallest absolute Gasteiger partial charge is 0.240 e. The van der Waals surface area contributed by atoms with Crippen molar-refractivity contribution in [2.24, 2.45) is 11.0 Å². The fourth-order valence-electron chi connectivity index (χ4n) is 0.937. The molecule has 0 bridgehead atoms. The number of rotatable bonds is 2. The molecule has 0 fully saturated rings. The Labute approximate surface area is 69.5 Å². The van der Waals surface area contributed by atoms with Crippen molar-refractivity contribution in [3.63, 3.8) is 0 Å². The van der Waals surface area contributed by atoms with Crippen LogP contribution >= 0.6 is 0 Å². The van der Waals surface area contributed by atoms with Crippen LogP contribution in [0.25, 0.3) is 0 Å². The number of hydrogen-bond acceptors (Lipinski definition) is 4. The van der Waals surface area contributed by atoms with Crippen molar-refractivity contribution >= 4 is 17.6 Å². The van der Waals surface area contributed by atoms with Crippen LogP contribution in [0.4, 0.5) is 0 Å². The van der Waals surface area contributed by atoms with Crippen molar-refractivity contribution in [1.82, 2.24) is 5.43 Å². The van der Waals surface area contributed by atoms with Gasteiger partial charge in [-0.25, -0.2) is 5.43 Å². The van der Waals surface area contributed by atoms with E-state index in [0.29, 0.717) is 18.6 Å². The maximum Gasteiger partial charge on any atom is 0.240 e. The first-order chi connectivity index (χ1) is 5.61. The third kappa shape index (κ3) is 1.81. The highest BCUT2D eigenvalue weighted by atomic mass is 16.4. The van der Waals surface area contributed by atoms with E-state index in [2.05, 4.69) is 10.5 Å². The van der Waals surface area contributed by atoms with Gasteiger partial charge in [0.15, 0.2) is 0 Å². The Balaban J connectivity index is 2.64. The van der Waals surface area contributed by atoms with Crippen molar-refractivity contribution in [3.05, 3.63) is 0 Å². The zero-order valence-corrected chi connectivity index (χ0v) is 6.66. The van der Waals surface area contributed by atoms with Gasteiger partial charge in [0.25, 0.3) is 0 Å². The molecule has 1 heterocycles. The van der Waals surface area contributed by atoms with Gasteiger partial charge < -0.3 is 9.90 Å². The molecule has 1 unspecified atom stereocenters. The zero-order valence-electron chi connectivity index (χ0n) is 6.66. The monoisotopic (exact) mass is 169 g/mol. The number of carboxylic acids is 1. The summed E-state index contributed by atoms with van der Waals surface area (Å²) in [6.45, 7) is 1.49. The van der Waals surface area contributed by atoms with Gasteiger partial charge in [0.05, 0.1) is 0 Å². The van der Waals surface area contributed by atoms with Gasteiger partial charge in [-0.05, 0) is 6.42 Å². The number of carboxylic acid groups (broad SMARTS) is 1. The number of carbonyl (C=O) groups excluding carboxylic acids is 2. The lowest BCUT2D eigenvalue weighted by atomic mass is 10.0. The van der Waals surface area contributed by atoms with Gasteiger partial charge in [-0.15, -0.1) is 0 Å². The average molecular weight is 169 g/mol. The fourth-order valence-corrected chi connectivity index (χ4v) is 0.937. The summed E-state index contributed by atoms with van der Waals surface area (Å²) in [6, 6.07) is 0. The number of hydrazone groups is 1. The Bertz CT molecular complexity index is 247. The van der Waals surface area contributed by atoms with Crippen LogP contribution in [0.1, 0.15) is 19.8 Å². The molecule has 0 saturated carbocycles. The molecule has 1 atom stereocenters. The van der Waals surface area contributed by atoms with Gasteiger partial charge in [-0.1, -0.05) is 6.92 Å². The highest BCUT2D eigenvalue weighted by molar-refractivity contribution is 6.03. The average Bonchev–Trinajstić information content (AvgIpc) is 2.04. The predicted octanol–water partition coefficient (Wildman–Crippen LogP) is -1.36. The summed E-state index contributed by atoms with van der Waals surface area (Å²) in [4.78, 5) is 21.0. The molecule has 12 heavy (non-hydrogen) atoms. The molecule has 0 aromatic heterocycles. The number of nitrogens with one attached hydrogen (secondary N) is 1. The van der Waals surface area contributed by atoms with Crippen LogP contribution in [0.3, 0.4) is 0 Å². The first-order valence-electron chi connectivity index (χ1n) is 3.67. The van der Waals surface area contributed by atoms with E-state index in [9.17, 15) is 14.7 Å². The van der Waals surface area contributed by atoms with Gasteiger partial charge in [0.2, 0.25) is 5.91 Å². The van der Waals surface area contributed by atoms with Gasteiger partial charge in [-0.3, -0.25) is 4.79 Å². The molecule has 5 nitrogen and oxygen atoms in total. The predicted molar refractivity (Wildman–Crippen MR) is 39.0 cm³/mol. The third-order valence-electron chi connectivity index (χ3n) is 1.79. The Morgan fingerprint density at radius 2 is 2.33 bits per heavy atom. The first-order valence-corrected chi connectivity index (χ1v) is 3.67. The summed E-state index contributed by atoms with van der Waals surface area (Å²) in [5, 5.41) is 14.0. The van der Waals surface area contributed by atoms with Crippen LogP contribution in [0.15, 0.2) is 5.10 Å². The molecule has 1 aliphatic heterocycles. The van der Waals surface area contributed by atoms with Crippen molar-refractivity contribution < 1.29 is 14.7 Å². The van der Waals surface area contributed by atoms with Gasteiger partial charge in [0.1, 0.15) is 0 Å². The molecule has 1 aliphatic rings. The van der Waals surface area contributed by atoms with Gasteiger partial charge >= 0.3 is 0 Å². The molecule has 5 heteroatoms. The summed E-state index contributed by atoms with van der Waals surface area (Å²) in [7, 11) is 0. The van der Waals surface area contributed by atoms with Crippen LogP contribution in [-0.2, 0) is 9.59 Å². The molecular weight excluding hydrogens is 160 g/mol. The minimum Gasteiger partial charge on any atom is -0.549 e. The molecule has 0 spiro atoms. The molecule has 0 aliphatic carbocycles. The molecule has 66 valence electrons. The Kier molecular flexibility index (Phi) is 2.42. The quantitative estimate of drug-likeness (QED) is 0.554. The normalized spacial score (nSPS) is 19.4. The van der Waals surface area contributed by atoms with E-state index < -0.39 is 11.9 Å². The highest BCUT2D eigenvalue weighted by Crippen LogP contribution is 2.07. The fraction of sp³-hybridized carbons (Fsp3) is 0.571. The second kappa shape index (κ2) is 3.34. The first kappa shape index (κ1) is 8.70. The minimum atomic E-state index is -1.16. The van der Waals surface area contributed by atoms with Gasteiger partial charge in [0, 0.05) is 24.0 Å². The van der Waals surface area contributed by atoms with E-state index >= 15 is 0 Å². The Hall–Kier alpha value is -1.39. The van der Waals surface area contributed by atoms with Crippen LogP contribution < -0.4 is 10.5 Å². The molecule has 0 aromatic rings. The van der Waals surface area contributed by atoms with Crippen molar-refractivity contribution in [3.8, 4) is 0 Å². The molecule has 1 amide bonds. The lowest BCUT2D eigenvalue weighted by Crippen LogP contribution is -2.38. The van der Waals surface area contributed by atoms with Crippen LogP contribution in [-0.4, -0.2) is 17.6 Å². The number of hydrogen-bond donors (Lipinski definition) is 1. The summed E-state index contributed by atoms with van der Waals surface area (Å²) in [6.07, 6.45) is 0.706. The zero-order chi connectivity index (χ0) is 9.14. The summed E-state index contributed by atoms with van der Waals surface area (Å²) in [5.74, 6) is -2.06. The third-order valence-corrected chi connectivity index (χ3v) is 1.79. The minimum absolute atomic E-state index is 0.177. The Morgan fingerprint density at radius 3 is 2.75 bits per heavy atom. The number of aliphatic carboxylic acids is 1. The summed E-state index contributed by atoms with van der Waals surface area (Å²) >= 11 is 0. The van der Waals surface area contributed by atoms with Crippen LogP contribution in [0.5, 0.6) is 0 Å². The van der Waals surface area contributed by atoms with E-state index in [4.69, 9.17) is 0 Å². The van der Waals surface area contributed by atoms with Crippen molar-refractivity contribution in [2.45, 2.75) is 19.8 Å². The number of nitrogens with zero attached hydrogens (tertiary/aromatic N) is 1. The second-order valence-electron chi connectivity index (χ2n) is 2.68. The molecule has 1 rings (SSSR count). The SMILES string of the molecule is CC(C(=O)[O-])C1=NNC(=O)CC1. The van der Waals surface area contributed by atoms with E-state index in [-0.39, 0.29) is 5.91 Å². The van der Waals surface area contributed by atoms with E-state index in [0.717, 1.165) is 0 Å². The molecule has 0 radical (unpaired) electrons. The van der Waals surface area contributed by atoms with Crippen molar-refractivity contribution in [2.75, 3.05) is 0 Å². The second-order valence-corrected chi connectivity index (χ2v) is 2.68. The topological polar surface area (TPSA) is 81.6 Å². The van der Waals surface area contributed by atoms with E-state index in [1.807, 2.05) is 0 Å². The molecule has 1 N–H and O–H groups in total. The van der Waals surface area contributed by atoms with Crippen molar-refractivity contribution in [1.29, 1.82) is 0 Å². The summed E-state index contributed by atoms with van der Waals surface area (Å²) in [5.41, 5.74) is 2.69. The van der Waals surface area contributed by atoms with E-state index in [1.54, 1.807) is 0 Å². The largest absolute Gasteiger partial charge is 0.549 e. The molecule has 0 saturated heterocycles. The molecule has 0 aromatic carbocycles. The lowest BCUT2D eigenvalue weighted by molar-refractivity contribution is -0.308. The van der Waals surface area contributed by atoms with Gasteiger partial charge in [-0.2, -0.15) is 5.10 Å². The highest BCUT2D eigenvalue weighted by Gasteiger charge is 2.17. The summed E-state index contributed by atoms with van der Waals surface area (Å²) < 4.78 is 0. The number of amides is 1. The maximum atomic E-state index is 10.6. The molecular formula is C7H9N2O3-. The lowest BCUT2D eigenvalue weighted by Gasteiger charge is -2.18. The number of carbonyl (C=O) groups is 2.